The first-order valence-corrected chi connectivity index (χ1v) is 7.86. The Morgan fingerprint density at radius 2 is 1.95 bits per heavy atom. The Hall–Kier alpha value is -1.87. The van der Waals surface area contributed by atoms with E-state index in [0.29, 0.717) is 12.8 Å². The topological polar surface area (TPSA) is 134 Å². The van der Waals surface area contributed by atoms with Gasteiger partial charge in [0.05, 0.1) is 0 Å². The smallest absolute Gasteiger partial charge is 0.352 e. The predicted octanol–water partition coefficient (Wildman–Crippen LogP) is 0.132. The summed E-state index contributed by atoms with van der Waals surface area (Å²) in [5, 5.41) is 8.84. The van der Waals surface area contributed by atoms with Gasteiger partial charge in [0.2, 0.25) is 15.9 Å². The summed E-state index contributed by atoms with van der Waals surface area (Å²) in [4.78, 5) is 24.8. The molecule has 1 heterocycles. The van der Waals surface area contributed by atoms with Crippen LogP contribution in [0.2, 0.25) is 0 Å². The molecule has 4 N–H and O–H groups in total. The van der Waals surface area contributed by atoms with E-state index in [4.69, 9.17) is 10.8 Å². The summed E-state index contributed by atoms with van der Waals surface area (Å²) < 4.78 is 26.1. The lowest BCUT2D eigenvalue weighted by Crippen LogP contribution is -2.56. The summed E-state index contributed by atoms with van der Waals surface area (Å²) >= 11 is 0. The van der Waals surface area contributed by atoms with Crippen molar-refractivity contribution in [2.45, 2.75) is 36.1 Å². The van der Waals surface area contributed by atoms with Crippen LogP contribution in [0, 0.1) is 0 Å². The van der Waals surface area contributed by atoms with Gasteiger partial charge in [-0.25, -0.2) is 13.2 Å². The number of carbonyl (C=O) groups is 2. The van der Waals surface area contributed by atoms with Gasteiger partial charge in [-0.2, -0.15) is 4.31 Å². The Kier molecular flexibility index (Phi) is 3.81. The van der Waals surface area contributed by atoms with Crippen molar-refractivity contribution in [1.82, 2.24) is 9.29 Å². The molecule has 0 bridgehead atoms. The van der Waals surface area contributed by atoms with Crippen LogP contribution in [-0.4, -0.2) is 47.3 Å². The summed E-state index contributed by atoms with van der Waals surface area (Å²) in [6.45, 7) is 0. The summed E-state index contributed by atoms with van der Waals surface area (Å²) in [5.41, 5.74) is 3.94. The number of rotatable bonds is 5. The van der Waals surface area contributed by atoms with Gasteiger partial charge in [-0.05, 0) is 18.9 Å². The van der Waals surface area contributed by atoms with Gasteiger partial charge in [-0.15, -0.1) is 0 Å². The van der Waals surface area contributed by atoms with Gasteiger partial charge in [-0.3, -0.25) is 4.79 Å². The minimum atomic E-state index is -4.00. The summed E-state index contributed by atoms with van der Waals surface area (Å²) in [7, 11) is -2.70. The molecular formula is C12H17N3O5S. The van der Waals surface area contributed by atoms with E-state index in [1.54, 1.807) is 0 Å². The van der Waals surface area contributed by atoms with Crippen LogP contribution in [0.5, 0.6) is 0 Å². The van der Waals surface area contributed by atoms with E-state index in [0.717, 1.165) is 29.4 Å². The molecule has 1 aliphatic carbocycles. The van der Waals surface area contributed by atoms with Gasteiger partial charge in [0.1, 0.15) is 16.1 Å². The highest BCUT2D eigenvalue weighted by atomic mass is 32.2. The number of nitrogens with one attached hydrogen (secondary N) is 1. The number of carboxylic acids is 1. The van der Waals surface area contributed by atoms with Crippen molar-refractivity contribution in [3.05, 3.63) is 18.0 Å². The molecule has 1 aliphatic rings. The average Bonchev–Trinajstić information content (AvgIpc) is 3.07. The zero-order valence-corrected chi connectivity index (χ0v) is 12.3. The van der Waals surface area contributed by atoms with Crippen LogP contribution >= 0.6 is 0 Å². The van der Waals surface area contributed by atoms with Crippen molar-refractivity contribution >= 4 is 21.9 Å². The molecule has 0 aliphatic heterocycles. The molecule has 1 amide bonds. The SMILES string of the molecule is CN(C1(C(N)=O)CCCC1)S(=O)(=O)c1c[nH]c(C(=O)O)c1. The van der Waals surface area contributed by atoms with E-state index in [9.17, 15) is 18.0 Å². The first-order valence-electron chi connectivity index (χ1n) is 6.42. The van der Waals surface area contributed by atoms with Crippen molar-refractivity contribution in [2.24, 2.45) is 5.73 Å². The van der Waals surface area contributed by atoms with Crippen molar-refractivity contribution in [1.29, 1.82) is 0 Å². The third-order valence-electron chi connectivity index (χ3n) is 4.04. The Morgan fingerprint density at radius 1 is 1.38 bits per heavy atom. The Bertz CT molecular complexity index is 673. The molecule has 9 heteroatoms. The van der Waals surface area contributed by atoms with Crippen LogP contribution in [-0.2, 0) is 14.8 Å². The zero-order valence-electron chi connectivity index (χ0n) is 11.5. The maximum atomic E-state index is 12.6. The molecule has 116 valence electrons. The molecule has 1 fully saturated rings. The first-order chi connectivity index (χ1) is 9.71. The van der Waals surface area contributed by atoms with Gasteiger partial charge >= 0.3 is 5.97 Å². The highest BCUT2D eigenvalue weighted by Crippen LogP contribution is 2.37. The van der Waals surface area contributed by atoms with Gasteiger partial charge in [0.15, 0.2) is 0 Å². The fourth-order valence-electron chi connectivity index (χ4n) is 2.71. The molecule has 0 unspecified atom stereocenters. The number of aromatic nitrogens is 1. The molecule has 0 saturated heterocycles. The highest BCUT2D eigenvalue weighted by Gasteiger charge is 2.48. The van der Waals surface area contributed by atoms with Crippen LogP contribution in [0.4, 0.5) is 0 Å². The van der Waals surface area contributed by atoms with Crippen molar-refractivity contribution in [2.75, 3.05) is 7.05 Å². The number of H-pyrrole nitrogens is 1. The Labute approximate surface area is 122 Å². The maximum absolute atomic E-state index is 12.6. The van der Waals surface area contributed by atoms with Crippen LogP contribution < -0.4 is 5.73 Å². The van der Waals surface area contributed by atoms with E-state index in [1.165, 1.54) is 7.05 Å². The quantitative estimate of drug-likeness (QED) is 0.710. The second kappa shape index (κ2) is 5.15. The maximum Gasteiger partial charge on any atom is 0.352 e. The van der Waals surface area contributed by atoms with E-state index in [2.05, 4.69) is 4.98 Å². The Morgan fingerprint density at radius 3 is 2.38 bits per heavy atom. The largest absolute Gasteiger partial charge is 0.477 e. The van der Waals surface area contributed by atoms with Gasteiger partial charge in [-0.1, -0.05) is 12.8 Å². The van der Waals surface area contributed by atoms with Gasteiger partial charge < -0.3 is 15.8 Å². The fraction of sp³-hybridized carbons (Fsp3) is 0.500. The number of primary amides is 1. The number of carbonyl (C=O) groups excluding carboxylic acids is 1. The number of likely N-dealkylation sites (N-methyl/N-ethyl adjacent to an activating group) is 1. The molecule has 0 spiro atoms. The number of aromatic amines is 1. The minimum Gasteiger partial charge on any atom is -0.477 e. The van der Waals surface area contributed by atoms with Gasteiger partial charge in [0, 0.05) is 13.2 Å². The lowest BCUT2D eigenvalue weighted by atomic mass is 9.97. The van der Waals surface area contributed by atoms with E-state index < -0.39 is 27.4 Å². The zero-order chi connectivity index (χ0) is 15.8. The summed E-state index contributed by atoms with van der Waals surface area (Å²) in [6, 6.07) is 1.03. The first kappa shape index (κ1) is 15.5. The summed E-state index contributed by atoms with van der Waals surface area (Å²) in [6.07, 6.45) is 3.27. The van der Waals surface area contributed by atoms with Crippen molar-refractivity contribution in [3.8, 4) is 0 Å². The van der Waals surface area contributed by atoms with Crippen LogP contribution in [0.15, 0.2) is 17.2 Å². The van der Waals surface area contributed by atoms with E-state index >= 15 is 0 Å². The molecule has 0 radical (unpaired) electrons. The van der Waals surface area contributed by atoms with Crippen molar-refractivity contribution < 1.29 is 23.1 Å². The monoisotopic (exact) mass is 315 g/mol. The van der Waals surface area contributed by atoms with Crippen LogP contribution in [0.25, 0.3) is 0 Å². The number of amides is 1. The van der Waals surface area contributed by atoms with Crippen molar-refractivity contribution in [3.63, 3.8) is 0 Å². The third kappa shape index (κ3) is 2.42. The van der Waals surface area contributed by atoms with Crippen LogP contribution in [0.3, 0.4) is 0 Å². The number of hydrogen-bond donors (Lipinski definition) is 3. The standard InChI is InChI=1S/C12H17N3O5S/c1-15(12(11(13)18)4-2-3-5-12)21(19,20)8-6-9(10(16)17)14-7-8/h6-7,14H,2-5H2,1H3,(H2,13,18)(H,16,17). The predicted molar refractivity (Wildman–Crippen MR) is 73.1 cm³/mol. The normalized spacial score (nSPS) is 18.0. The van der Waals surface area contributed by atoms with E-state index in [-0.39, 0.29) is 10.6 Å². The number of nitrogens with two attached hydrogens (primary N) is 1. The Balaban J connectivity index is 2.42. The van der Waals surface area contributed by atoms with E-state index in [1.807, 2.05) is 0 Å². The molecule has 0 aromatic carbocycles. The molecule has 8 nitrogen and oxygen atoms in total. The molecule has 1 saturated carbocycles. The molecule has 2 rings (SSSR count). The second-order valence-electron chi connectivity index (χ2n) is 5.13. The molecule has 21 heavy (non-hydrogen) atoms. The van der Waals surface area contributed by atoms with Gasteiger partial charge in [0.25, 0.3) is 0 Å². The number of nitrogens with zero attached hydrogens (tertiary/aromatic N) is 1. The molecular weight excluding hydrogens is 298 g/mol. The number of hydrogen-bond acceptors (Lipinski definition) is 4. The lowest BCUT2D eigenvalue weighted by Gasteiger charge is -2.34. The second-order valence-corrected chi connectivity index (χ2v) is 7.10. The lowest BCUT2D eigenvalue weighted by molar-refractivity contribution is -0.126. The number of carboxylic acid groups (broad SMARTS) is 1. The number of sulfonamides is 1. The molecule has 1 aromatic heterocycles. The third-order valence-corrected chi connectivity index (χ3v) is 5.94. The molecule has 0 atom stereocenters. The average molecular weight is 315 g/mol. The fourth-order valence-corrected chi connectivity index (χ4v) is 4.23. The van der Waals surface area contributed by atoms with Crippen LogP contribution in [0.1, 0.15) is 36.2 Å². The number of aromatic carboxylic acids is 1. The summed E-state index contributed by atoms with van der Waals surface area (Å²) in [5.74, 6) is -1.94. The molecule has 1 aromatic rings. The minimum absolute atomic E-state index is 0.199. The highest BCUT2D eigenvalue weighted by molar-refractivity contribution is 7.89.